The third-order valence-corrected chi connectivity index (χ3v) is 6.42. The second-order valence-corrected chi connectivity index (χ2v) is 8.99. The summed E-state index contributed by atoms with van der Waals surface area (Å²) >= 11 is 1.66. The number of hydrogen-bond acceptors (Lipinski definition) is 9. The van der Waals surface area contributed by atoms with E-state index in [0.717, 1.165) is 10.6 Å². The molecule has 3 N–H and O–H groups in total. The number of aromatic nitrogens is 4. The Morgan fingerprint density at radius 2 is 2.00 bits per heavy atom. The number of hydrogen-bond donors (Lipinski definition) is 2. The van der Waals surface area contributed by atoms with Gasteiger partial charge in [-0.3, -0.25) is 14.3 Å². The number of H-pyrrole nitrogens is 1. The predicted octanol–water partition coefficient (Wildman–Crippen LogP) is 1.92. The molecule has 31 heavy (non-hydrogen) atoms. The quantitative estimate of drug-likeness (QED) is 0.566. The molecule has 2 aliphatic heterocycles. The fourth-order valence-corrected chi connectivity index (χ4v) is 4.95. The molecule has 11 heteroatoms. The average Bonchev–Trinajstić information content (AvgIpc) is 3.38. The Morgan fingerprint density at radius 3 is 2.74 bits per heavy atom. The van der Waals surface area contributed by atoms with Crippen molar-refractivity contribution >= 4 is 28.9 Å². The molecule has 2 aromatic heterocycles. The molecule has 4 atom stereocenters. The first-order valence-corrected chi connectivity index (χ1v) is 10.8. The number of nitrogen functional groups attached to an aromatic ring is 1. The zero-order valence-electron chi connectivity index (χ0n) is 17.3. The maximum absolute atomic E-state index is 12.2. The van der Waals surface area contributed by atoms with Crippen molar-refractivity contribution < 1.29 is 18.9 Å². The lowest BCUT2D eigenvalue weighted by molar-refractivity contribution is -0.193. The van der Waals surface area contributed by atoms with Gasteiger partial charge in [0.25, 0.3) is 5.56 Å². The number of nitrogens with zero attached hydrogens (tertiary/aromatic N) is 3. The number of nitrogens with one attached hydrogen (secondary N) is 1. The molecule has 4 heterocycles. The molecule has 2 fully saturated rings. The summed E-state index contributed by atoms with van der Waals surface area (Å²) in [7, 11) is 1.64. The van der Waals surface area contributed by atoms with Gasteiger partial charge >= 0.3 is 0 Å². The Kier molecular flexibility index (Phi) is 4.93. The maximum Gasteiger partial charge on any atom is 0.280 e. The lowest BCUT2D eigenvalue weighted by Gasteiger charge is -2.24. The van der Waals surface area contributed by atoms with Crippen LogP contribution in [-0.2, 0) is 14.2 Å². The van der Waals surface area contributed by atoms with Gasteiger partial charge < -0.3 is 24.7 Å². The van der Waals surface area contributed by atoms with E-state index < -0.39 is 17.6 Å². The van der Waals surface area contributed by atoms with E-state index in [-0.39, 0.29) is 29.8 Å². The molecule has 3 aromatic rings. The van der Waals surface area contributed by atoms with Crippen LogP contribution in [0.1, 0.15) is 20.1 Å². The van der Waals surface area contributed by atoms with Gasteiger partial charge in [-0.15, -0.1) is 11.8 Å². The lowest BCUT2D eigenvalue weighted by atomic mass is 10.1. The minimum absolute atomic E-state index is 0.0179. The smallest absolute Gasteiger partial charge is 0.280 e. The highest BCUT2D eigenvalue weighted by atomic mass is 32.2. The molecule has 164 valence electrons. The van der Waals surface area contributed by atoms with Gasteiger partial charge in [-0.2, -0.15) is 4.98 Å². The van der Waals surface area contributed by atoms with Crippen molar-refractivity contribution in [3.63, 3.8) is 0 Å². The number of rotatable bonds is 5. The zero-order valence-corrected chi connectivity index (χ0v) is 18.1. The fraction of sp³-hybridized carbons (Fsp3) is 0.450. The largest absolute Gasteiger partial charge is 0.497 e. The van der Waals surface area contributed by atoms with Gasteiger partial charge in [0.2, 0.25) is 5.95 Å². The fourth-order valence-electron chi connectivity index (χ4n) is 4.00. The van der Waals surface area contributed by atoms with E-state index in [1.165, 1.54) is 6.33 Å². The standard InChI is InChI=1S/C20H23N5O5S/c1-20(2)29-14-12(8-31-11-6-4-10(27-3)5-7-11)28-18(15(14)30-20)25-9-22-13-16(25)23-19(21)24-17(13)26/h4-7,9,12,14-15,18H,8H2,1-3H3,(H3,21,23,24,26)/t12-,14-,15-,18-/m1/s1. The van der Waals surface area contributed by atoms with Gasteiger partial charge in [-0.1, -0.05) is 0 Å². The number of nitrogens with two attached hydrogens (primary N) is 1. The molecule has 0 aliphatic carbocycles. The van der Waals surface area contributed by atoms with Crippen LogP contribution in [-0.4, -0.2) is 56.5 Å². The number of aromatic amines is 1. The maximum atomic E-state index is 12.2. The minimum atomic E-state index is -0.749. The molecule has 2 saturated heterocycles. The first-order chi connectivity index (χ1) is 14.8. The van der Waals surface area contributed by atoms with Crippen LogP contribution in [0.15, 0.2) is 40.3 Å². The van der Waals surface area contributed by atoms with E-state index in [2.05, 4.69) is 15.0 Å². The molecule has 0 spiro atoms. The molecule has 0 radical (unpaired) electrons. The van der Waals surface area contributed by atoms with Crippen LogP contribution in [0.2, 0.25) is 0 Å². The van der Waals surface area contributed by atoms with Crippen molar-refractivity contribution in [1.29, 1.82) is 0 Å². The van der Waals surface area contributed by atoms with Gasteiger partial charge in [-0.05, 0) is 38.1 Å². The van der Waals surface area contributed by atoms with Gasteiger partial charge in [0.05, 0.1) is 19.5 Å². The summed E-state index contributed by atoms with van der Waals surface area (Å²) in [6.07, 6.45) is 0.0909. The van der Waals surface area contributed by atoms with E-state index in [9.17, 15) is 4.79 Å². The van der Waals surface area contributed by atoms with Gasteiger partial charge in [0, 0.05) is 10.6 Å². The summed E-state index contributed by atoms with van der Waals surface area (Å²) in [4.78, 5) is 24.2. The Balaban J connectivity index is 1.42. The van der Waals surface area contributed by atoms with Crippen LogP contribution in [0.5, 0.6) is 5.75 Å². The number of methoxy groups -OCH3 is 1. The highest BCUT2D eigenvalue weighted by Gasteiger charge is 2.56. The highest BCUT2D eigenvalue weighted by Crippen LogP contribution is 2.44. The van der Waals surface area contributed by atoms with Gasteiger partial charge in [-0.25, -0.2) is 4.98 Å². The summed E-state index contributed by atoms with van der Waals surface area (Å²) in [6, 6.07) is 7.86. The monoisotopic (exact) mass is 445 g/mol. The van der Waals surface area contributed by atoms with Crippen LogP contribution in [0.4, 0.5) is 5.95 Å². The lowest BCUT2D eigenvalue weighted by Crippen LogP contribution is -2.31. The molecule has 0 bridgehead atoms. The second-order valence-electron chi connectivity index (χ2n) is 7.89. The van der Waals surface area contributed by atoms with E-state index in [1.807, 2.05) is 38.1 Å². The number of benzene rings is 1. The van der Waals surface area contributed by atoms with Crippen molar-refractivity contribution in [2.45, 2.75) is 49.1 Å². The summed E-state index contributed by atoms with van der Waals surface area (Å²) in [6.45, 7) is 3.76. The molecule has 2 aliphatic rings. The van der Waals surface area contributed by atoms with Crippen LogP contribution < -0.4 is 16.0 Å². The molecule has 10 nitrogen and oxygen atoms in total. The van der Waals surface area contributed by atoms with Crippen LogP contribution >= 0.6 is 11.8 Å². The van der Waals surface area contributed by atoms with E-state index in [4.69, 9.17) is 24.7 Å². The third kappa shape index (κ3) is 3.67. The normalized spacial score (nSPS) is 26.9. The van der Waals surface area contributed by atoms with Crippen LogP contribution in [0, 0.1) is 0 Å². The molecule has 5 rings (SSSR count). The molecular weight excluding hydrogens is 422 g/mol. The zero-order chi connectivity index (χ0) is 21.8. The van der Waals surface area contributed by atoms with Crippen molar-refractivity contribution in [3.8, 4) is 5.75 Å². The Bertz CT molecular complexity index is 1160. The molecule has 0 saturated carbocycles. The van der Waals surface area contributed by atoms with E-state index in [0.29, 0.717) is 11.4 Å². The van der Waals surface area contributed by atoms with E-state index >= 15 is 0 Å². The van der Waals surface area contributed by atoms with Gasteiger partial charge in [0.1, 0.15) is 18.0 Å². The summed E-state index contributed by atoms with van der Waals surface area (Å²) in [5.41, 5.74) is 5.89. The van der Waals surface area contributed by atoms with Crippen molar-refractivity contribution in [2.75, 3.05) is 18.6 Å². The van der Waals surface area contributed by atoms with Crippen LogP contribution in [0.3, 0.4) is 0 Å². The minimum Gasteiger partial charge on any atom is -0.497 e. The first-order valence-electron chi connectivity index (χ1n) is 9.85. The Hall–Kier alpha value is -2.60. The number of anilines is 1. The molecule has 0 unspecified atom stereocenters. The summed E-state index contributed by atoms with van der Waals surface area (Å²) in [5.74, 6) is 0.737. The van der Waals surface area contributed by atoms with Crippen molar-refractivity contribution in [1.82, 2.24) is 19.5 Å². The SMILES string of the molecule is COc1ccc(SC[C@H]2O[C@@H](n3cnc4c(=O)[nH]c(N)nc43)[C@@H]3OC(C)(C)O[C@@H]32)cc1. The topological polar surface area (TPSA) is 127 Å². The van der Waals surface area contributed by atoms with Gasteiger partial charge in [0.15, 0.2) is 23.2 Å². The highest BCUT2D eigenvalue weighted by molar-refractivity contribution is 7.99. The Morgan fingerprint density at radius 1 is 1.26 bits per heavy atom. The average molecular weight is 446 g/mol. The van der Waals surface area contributed by atoms with E-state index in [1.54, 1.807) is 23.4 Å². The summed E-state index contributed by atoms with van der Waals surface area (Å²) < 4.78 is 25.6. The number of ether oxygens (including phenoxy) is 4. The predicted molar refractivity (Wildman–Crippen MR) is 114 cm³/mol. The Labute approximate surface area is 182 Å². The molecular formula is C20H23N5O5S. The number of imidazole rings is 1. The number of fused-ring (bicyclic) bond motifs is 2. The van der Waals surface area contributed by atoms with Crippen LogP contribution in [0.25, 0.3) is 11.2 Å². The first kappa shape index (κ1) is 20.3. The van der Waals surface area contributed by atoms with Crippen molar-refractivity contribution in [2.24, 2.45) is 0 Å². The number of thioether (sulfide) groups is 1. The molecule has 1 aromatic carbocycles. The second kappa shape index (κ2) is 7.52. The van der Waals surface area contributed by atoms with Crippen molar-refractivity contribution in [3.05, 3.63) is 40.9 Å². The molecule has 0 amide bonds. The summed E-state index contributed by atoms with van der Waals surface area (Å²) in [5, 5.41) is 0. The third-order valence-electron chi connectivity index (χ3n) is 5.32.